The normalized spacial score (nSPS) is 27.5. The van der Waals surface area contributed by atoms with Gasteiger partial charge in [-0.05, 0) is 26.3 Å². The van der Waals surface area contributed by atoms with E-state index in [0.717, 1.165) is 45.8 Å². The van der Waals surface area contributed by atoms with Crippen molar-refractivity contribution < 1.29 is 9.53 Å². The topological polar surface area (TPSA) is 32.8 Å². The van der Waals surface area contributed by atoms with Gasteiger partial charge in [0.15, 0.2) is 0 Å². The maximum atomic E-state index is 11.2. The summed E-state index contributed by atoms with van der Waals surface area (Å²) in [6.45, 7) is 8.97. The fourth-order valence-electron chi connectivity index (χ4n) is 2.85. The van der Waals surface area contributed by atoms with Gasteiger partial charge in [0.25, 0.3) is 0 Å². The van der Waals surface area contributed by atoms with Gasteiger partial charge in [-0.3, -0.25) is 14.6 Å². The van der Waals surface area contributed by atoms with E-state index in [1.165, 1.54) is 19.4 Å². The molecule has 1 atom stereocenters. The number of likely N-dealkylation sites (tertiary alicyclic amines) is 1. The highest BCUT2D eigenvalue weighted by Gasteiger charge is 2.25. The maximum Gasteiger partial charge on any atom is 0.131 e. The Morgan fingerprint density at radius 1 is 1.24 bits per heavy atom. The molecule has 4 nitrogen and oxygen atoms in total. The van der Waals surface area contributed by atoms with Crippen molar-refractivity contribution in [3.05, 3.63) is 0 Å². The maximum absolute atomic E-state index is 11.2. The summed E-state index contributed by atoms with van der Waals surface area (Å²) < 4.78 is 5.35. The Balaban J connectivity index is 1.71. The van der Waals surface area contributed by atoms with E-state index in [9.17, 15) is 4.79 Å². The van der Waals surface area contributed by atoms with E-state index in [1.54, 1.807) is 6.92 Å². The van der Waals surface area contributed by atoms with Crippen LogP contribution in [-0.4, -0.2) is 67.6 Å². The van der Waals surface area contributed by atoms with Crippen LogP contribution >= 0.6 is 0 Å². The van der Waals surface area contributed by atoms with E-state index >= 15 is 0 Å². The summed E-state index contributed by atoms with van der Waals surface area (Å²) in [4.78, 5) is 16.2. The molecule has 0 aromatic heterocycles. The van der Waals surface area contributed by atoms with Crippen molar-refractivity contribution in [3.63, 3.8) is 0 Å². The summed E-state index contributed by atoms with van der Waals surface area (Å²) in [7, 11) is 0. The third-order valence-corrected chi connectivity index (χ3v) is 3.83. The van der Waals surface area contributed by atoms with Crippen molar-refractivity contribution in [1.82, 2.24) is 9.80 Å². The lowest BCUT2D eigenvalue weighted by Gasteiger charge is -2.30. The van der Waals surface area contributed by atoms with Crippen molar-refractivity contribution in [3.8, 4) is 0 Å². The molecule has 0 saturated carbocycles. The molecule has 0 radical (unpaired) electrons. The molecule has 0 bridgehead atoms. The molecule has 98 valence electrons. The van der Waals surface area contributed by atoms with Crippen molar-refractivity contribution >= 4 is 5.78 Å². The summed E-state index contributed by atoms with van der Waals surface area (Å²) in [5, 5.41) is 0. The van der Waals surface area contributed by atoms with Crippen molar-refractivity contribution in [2.45, 2.75) is 32.2 Å². The Kier molecular flexibility index (Phi) is 4.95. The Labute approximate surface area is 104 Å². The largest absolute Gasteiger partial charge is 0.379 e. The fraction of sp³-hybridized carbons (Fsp3) is 0.923. The lowest BCUT2D eigenvalue weighted by molar-refractivity contribution is -0.118. The molecule has 2 aliphatic rings. The van der Waals surface area contributed by atoms with Crippen LogP contribution in [-0.2, 0) is 9.53 Å². The first kappa shape index (κ1) is 13.0. The second-order valence-corrected chi connectivity index (χ2v) is 5.19. The first-order chi connectivity index (χ1) is 8.25. The first-order valence-corrected chi connectivity index (χ1v) is 6.79. The molecule has 0 N–H and O–H groups in total. The Morgan fingerprint density at radius 2 is 2.00 bits per heavy atom. The second-order valence-electron chi connectivity index (χ2n) is 5.19. The zero-order valence-corrected chi connectivity index (χ0v) is 10.9. The smallest absolute Gasteiger partial charge is 0.131 e. The van der Waals surface area contributed by atoms with Crippen LogP contribution in [0.15, 0.2) is 0 Å². The van der Waals surface area contributed by atoms with Gasteiger partial charge in [-0.25, -0.2) is 0 Å². The summed E-state index contributed by atoms with van der Waals surface area (Å²) >= 11 is 0. The molecule has 0 amide bonds. The number of hydrogen-bond donors (Lipinski definition) is 0. The van der Waals surface area contributed by atoms with Gasteiger partial charge in [-0.1, -0.05) is 0 Å². The van der Waals surface area contributed by atoms with E-state index in [-0.39, 0.29) is 0 Å². The lowest BCUT2D eigenvalue weighted by atomic mass is 10.1. The first-order valence-electron chi connectivity index (χ1n) is 6.79. The van der Waals surface area contributed by atoms with Gasteiger partial charge in [0.1, 0.15) is 5.78 Å². The van der Waals surface area contributed by atoms with Crippen LogP contribution in [0.5, 0.6) is 0 Å². The van der Waals surface area contributed by atoms with E-state index in [0.29, 0.717) is 11.8 Å². The number of carbonyl (C=O) groups excluding carboxylic acids is 1. The highest BCUT2D eigenvalue weighted by molar-refractivity contribution is 5.76. The minimum Gasteiger partial charge on any atom is -0.379 e. The summed E-state index contributed by atoms with van der Waals surface area (Å²) in [6, 6.07) is 0.508. The molecular weight excluding hydrogens is 216 g/mol. The number of nitrogens with zero attached hydrogens (tertiary/aromatic N) is 2. The Bertz CT molecular complexity index is 252. The molecule has 0 aliphatic carbocycles. The third kappa shape index (κ3) is 4.05. The molecule has 2 rings (SSSR count). The predicted octanol–water partition coefficient (Wildman–Crippen LogP) is 0.762. The van der Waals surface area contributed by atoms with Crippen LogP contribution in [0.4, 0.5) is 0 Å². The standard InChI is InChI=1S/C13H24N2O2/c1-12(16)11-13-3-2-4-15(13)6-5-14-7-9-17-10-8-14/h13H,2-11H2,1H3. The van der Waals surface area contributed by atoms with Gasteiger partial charge in [-0.15, -0.1) is 0 Å². The van der Waals surface area contributed by atoms with Crippen LogP contribution in [0.25, 0.3) is 0 Å². The number of carbonyl (C=O) groups is 1. The zero-order chi connectivity index (χ0) is 12.1. The third-order valence-electron chi connectivity index (χ3n) is 3.83. The number of hydrogen-bond acceptors (Lipinski definition) is 4. The van der Waals surface area contributed by atoms with Crippen LogP contribution in [0.1, 0.15) is 26.2 Å². The molecule has 1 unspecified atom stereocenters. The van der Waals surface area contributed by atoms with Crippen molar-refractivity contribution in [2.24, 2.45) is 0 Å². The Hall–Kier alpha value is -0.450. The quantitative estimate of drug-likeness (QED) is 0.710. The van der Waals surface area contributed by atoms with E-state index in [4.69, 9.17) is 4.74 Å². The minimum absolute atomic E-state index is 0.327. The van der Waals surface area contributed by atoms with Gasteiger partial charge in [0, 0.05) is 38.6 Å². The molecule has 2 saturated heterocycles. The number of ether oxygens (including phenoxy) is 1. The van der Waals surface area contributed by atoms with E-state index in [1.807, 2.05) is 0 Å². The average Bonchev–Trinajstić information content (AvgIpc) is 2.74. The number of rotatable bonds is 5. The van der Waals surface area contributed by atoms with Crippen LogP contribution in [0.3, 0.4) is 0 Å². The Morgan fingerprint density at radius 3 is 2.71 bits per heavy atom. The highest BCUT2D eigenvalue weighted by Crippen LogP contribution is 2.19. The summed E-state index contributed by atoms with van der Waals surface area (Å²) in [6.07, 6.45) is 3.19. The number of ketones is 1. The number of Topliss-reactive ketones (excluding diaryl/α,β-unsaturated/α-hetero) is 1. The molecule has 2 fully saturated rings. The molecule has 17 heavy (non-hydrogen) atoms. The lowest BCUT2D eigenvalue weighted by Crippen LogP contribution is -2.42. The predicted molar refractivity (Wildman–Crippen MR) is 67.2 cm³/mol. The molecule has 4 heteroatoms. The average molecular weight is 240 g/mol. The van der Waals surface area contributed by atoms with Crippen LogP contribution in [0.2, 0.25) is 0 Å². The van der Waals surface area contributed by atoms with Crippen LogP contribution < -0.4 is 0 Å². The molecular formula is C13H24N2O2. The van der Waals surface area contributed by atoms with E-state index in [2.05, 4.69) is 9.80 Å². The van der Waals surface area contributed by atoms with Crippen molar-refractivity contribution in [1.29, 1.82) is 0 Å². The molecule has 0 aromatic carbocycles. The zero-order valence-electron chi connectivity index (χ0n) is 10.9. The van der Waals surface area contributed by atoms with Crippen molar-refractivity contribution in [2.75, 3.05) is 45.9 Å². The molecule has 2 heterocycles. The summed E-state index contributed by atoms with van der Waals surface area (Å²) in [5.41, 5.74) is 0. The number of morpholine rings is 1. The second kappa shape index (κ2) is 6.47. The van der Waals surface area contributed by atoms with Gasteiger partial charge in [-0.2, -0.15) is 0 Å². The molecule has 0 spiro atoms. The van der Waals surface area contributed by atoms with Gasteiger partial charge in [0.05, 0.1) is 13.2 Å². The van der Waals surface area contributed by atoms with E-state index < -0.39 is 0 Å². The molecule has 2 aliphatic heterocycles. The van der Waals surface area contributed by atoms with Gasteiger partial charge >= 0.3 is 0 Å². The summed E-state index contributed by atoms with van der Waals surface area (Å²) in [5.74, 6) is 0.327. The van der Waals surface area contributed by atoms with Gasteiger partial charge < -0.3 is 4.74 Å². The monoisotopic (exact) mass is 240 g/mol. The minimum atomic E-state index is 0.327. The SMILES string of the molecule is CC(=O)CC1CCCN1CCN1CCOCC1. The van der Waals surface area contributed by atoms with Gasteiger partial charge in [0.2, 0.25) is 0 Å². The fourth-order valence-corrected chi connectivity index (χ4v) is 2.85. The highest BCUT2D eigenvalue weighted by atomic mass is 16.5. The van der Waals surface area contributed by atoms with Crippen LogP contribution in [0, 0.1) is 0 Å². The molecule has 0 aromatic rings.